The van der Waals surface area contributed by atoms with Crippen molar-refractivity contribution in [2.45, 2.75) is 32.7 Å². The highest BCUT2D eigenvalue weighted by Crippen LogP contribution is 2.21. The van der Waals surface area contributed by atoms with Gasteiger partial charge in [-0.05, 0) is 25.0 Å². The second-order valence-electron chi connectivity index (χ2n) is 5.09. The summed E-state index contributed by atoms with van der Waals surface area (Å²) in [5.41, 5.74) is 1.14. The summed E-state index contributed by atoms with van der Waals surface area (Å²) in [6, 6.07) is 12.4. The van der Waals surface area contributed by atoms with Gasteiger partial charge >= 0.3 is 5.91 Å². The van der Waals surface area contributed by atoms with E-state index in [2.05, 4.69) is 35.8 Å². The number of hydrogen-bond donors (Lipinski definition) is 0. The lowest BCUT2D eigenvalue weighted by Gasteiger charge is -2.08. The second-order valence-corrected chi connectivity index (χ2v) is 5.09. The van der Waals surface area contributed by atoms with Crippen molar-refractivity contribution in [2.75, 3.05) is 11.4 Å². The number of carbonyl (C=O) groups is 1. The number of fused-ring (bicyclic) bond motifs is 3. The largest absolute Gasteiger partial charge is 0.351 e. The first-order chi connectivity index (χ1) is 9.31. The van der Waals surface area contributed by atoms with E-state index in [1.165, 1.54) is 18.2 Å². The predicted octanol–water partition coefficient (Wildman–Crippen LogP) is 2.66. The molecule has 2 heterocycles. The summed E-state index contributed by atoms with van der Waals surface area (Å²) in [6.07, 6.45) is 3.44. The van der Waals surface area contributed by atoms with E-state index >= 15 is 0 Å². The normalized spacial score (nSPS) is 14.2. The molecule has 0 fully saturated rings. The molecule has 0 saturated carbocycles. The first-order valence-electron chi connectivity index (χ1n) is 7.03. The Balaban J connectivity index is 1.97. The number of hydrogen-bond acceptors (Lipinski definition) is 1. The fourth-order valence-electron chi connectivity index (χ4n) is 2.76. The first kappa shape index (κ1) is 12.2. The predicted molar refractivity (Wildman–Crippen MR) is 76.0 cm³/mol. The van der Waals surface area contributed by atoms with Crippen molar-refractivity contribution < 1.29 is 9.36 Å². The van der Waals surface area contributed by atoms with E-state index in [1.54, 1.807) is 0 Å². The quantitative estimate of drug-likeness (QED) is 0.609. The topological polar surface area (TPSA) is 24.2 Å². The average molecular weight is 255 g/mol. The van der Waals surface area contributed by atoms with Crippen LogP contribution in [0.15, 0.2) is 36.4 Å². The summed E-state index contributed by atoms with van der Waals surface area (Å²) in [6.45, 7) is 3.50. The highest BCUT2D eigenvalue weighted by Gasteiger charge is 2.36. The Morgan fingerprint density at radius 2 is 2.00 bits per heavy atom. The van der Waals surface area contributed by atoms with Crippen LogP contribution in [0.1, 0.15) is 26.2 Å². The number of para-hydroxylation sites is 1. The van der Waals surface area contributed by atoms with Gasteiger partial charge in [0.15, 0.2) is 6.54 Å². The van der Waals surface area contributed by atoms with Gasteiger partial charge in [0.2, 0.25) is 0 Å². The van der Waals surface area contributed by atoms with Gasteiger partial charge in [-0.2, -0.15) is 4.90 Å². The maximum Gasteiger partial charge on any atom is 0.351 e. The molecular formula is C16H19N2O+. The van der Waals surface area contributed by atoms with Crippen molar-refractivity contribution in [1.82, 2.24) is 0 Å². The molecule has 3 nitrogen and oxygen atoms in total. The van der Waals surface area contributed by atoms with Gasteiger partial charge < -0.3 is 0 Å². The molecule has 2 aromatic rings. The monoisotopic (exact) mass is 255 g/mol. The van der Waals surface area contributed by atoms with Crippen molar-refractivity contribution in [1.29, 1.82) is 0 Å². The van der Waals surface area contributed by atoms with Gasteiger partial charge in [0.05, 0.1) is 6.54 Å². The molecule has 0 N–H and O–H groups in total. The highest BCUT2D eigenvalue weighted by molar-refractivity contribution is 5.94. The molecule has 1 aliphatic rings. The van der Waals surface area contributed by atoms with E-state index in [0.717, 1.165) is 24.3 Å². The Bertz CT molecular complexity index is 621. The number of rotatable bonds is 4. The average Bonchev–Trinajstić information content (AvgIpc) is 2.76. The minimum atomic E-state index is 0.215. The summed E-state index contributed by atoms with van der Waals surface area (Å²) >= 11 is 0. The lowest BCUT2D eigenvalue weighted by molar-refractivity contribution is -0.637. The van der Waals surface area contributed by atoms with Gasteiger partial charge in [-0.1, -0.05) is 31.5 Å². The molecule has 0 unspecified atom stereocenters. The van der Waals surface area contributed by atoms with Crippen LogP contribution in [0.25, 0.3) is 10.9 Å². The Hall–Kier alpha value is -1.90. The van der Waals surface area contributed by atoms with E-state index in [9.17, 15) is 4.79 Å². The first-order valence-corrected chi connectivity index (χ1v) is 7.03. The van der Waals surface area contributed by atoms with Crippen molar-refractivity contribution >= 4 is 22.6 Å². The van der Waals surface area contributed by atoms with Crippen LogP contribution in [0.2, 0.25) is 0 Å². The third kappa shape index (κ3) is 2.09. The number of anilines is 1. The molecule has 3 heteroatoms. The molecule has 0 saturated heterocycles. The molecule has 0 radical (unpaired) electrons. The standard InChI is InChI=1S/C16H19N2O/c1-2-3-6-11-17-15-10-9-13-7-4-5-8-14(13)18(15)12-16(17)19/h4-5,7-10H,2-3,6,11-12H2,1H3/q+1. The van der Waals surface area contributed by atoms with E-state index in [4.69, 9.17) is 0 Å². The molecule has 0 spiro atoms. The summed E-state index contributed by atoms with van der Waals surface area (Å²) in [5.74, 6) is 1.26. The lowest BCUT2D eigenvalue weighted by atomic mass is 10.2. The van der Waals surface area contributed by atoms with Crippen LogP contribution in [0, 0.1) is 0 Å². The van der Waals surface area contributed by atoms with Crippen molar-refractivity contribution in [3.05, 3.63) is 36.4 Å². The van der Waals surface area contributed by atoms with Crippen LogP contribution < -0.4 is 9.47 Å². The molecular weight excluding hydrogens is 236 g/mol. The van der Waals surface area contributed by atoms with Gasteiger partial charge in [-0.25, -0.2) is 9.36 Å². The van der Waals surface area contributed by atoms with Crippen molar-refractivity contribution in [3.8, 4) is 0 Å². The zero-order valence-electron chi connectivity index (χ0n) is 11.3. The van der Waals surface area contributed by atoms with Gasteiger partial charge in [-0.15, -0.1) is 0 Å². The molecule has 0 bridgehead atoms. The number of pyridine rings is 1. The minimum Gasteiger partial charge on any atom is -0.242 e. The molecule has 98 valence electrons. The Labute approximate surface area is 113 Å². The smallest absolute Gasteiger partial charge is 0.242 e. The van der Waals surface area contributed by atoms with Gasteiger partial charge in [-0.3, -0.25) is 0 Å². The summed E-state index contributed by atoms with van der Waals surface area (Å²) < 4.78 is 2.13. The Kier molecular flexibility index (Phi) is 3.20. The van der Waals surface area contributed by atoms with Crippen LogP contribution in [0.4, 0.5) is 5.82 Å². The Morgan fingerprint density at radius 3 is 2.84 bits per heavy atom. The zero-order chi connectivity index (χ0) is 13.2. The number of carbonyl (C=O) groups excluding carboxylic acids is 1. The van der Waals surface area contributed by atoms with Crippen molar-refractivity contribution in [2.24, 2.45) is 0 Å². The molecule has 19 heavy (non-hydrogen) atoms. The number of unbranched alkanes of at least 4 members (excludes halogenated alkanes) is 2. The number of aromatic nitrogens is 1. The number of benzene rings is 1. The molecule has 0 aliphatic carbocycles. The van der Waals surface area contributed by atoms with Gasteiger partial charge in [0, 0.05) is 11.5 Å². The highest BCUT2D eigenvalue weighted by atomic mass is 16.2. The maximum atomic E-state index is 12.2. The fraction of sp³-hybridized carbons (Fsp3) is 0.375. The van der Waals surface area contributed by atoms with E-state index < -0.39 is 0 Å². The lowest BCUT2D eigenvalue weighted by Crippen LogP contribution is -2.32. The van der Waals surface area contributed by atoms with Crippen LogP contribution in [0.3, 0.4) is 0 Å². The van der Waals surface area contributed by atoms with Gasteiger partial charge in [0.25, 0.3) is 5.82 Å². The zero-order valence-corrected chi connectivity index (χ0v) is 11.3. The van der Waals surface area contributed by atoms with E-state index in [0.29, 0.717) is 6.54 Å². The summed E-state index contributed by atoms with van der Waals surface area (Å²) in [4.78, 5) is 14.1. The van der Waals surface area contributed by atoms with E-state index in [1.807, 2.05) is 17.0 Å². The fourth-order valence-corrected chi connectivity index (χ4v) is 2.76. The molecule has 1 aromatic heterocycles. The molecule has 1 aromatic carbocycles. The maximum absolute atomic E-state index is 12.2. The molecule has 1 amide bonds. The van der Waals surface area contributed by atoms with Crippen LogP contribution in [-0.2, 0) is 11.3 Å². The van der Waals surface area contributed by atoms with Gasteiger partial charge in [0.1, 0.15) is 5.52 Å². The molecule has 3 rings (SSSR count). The van der Waals surface area contributed by atoms with E-state index in [-0.39, 0.29) is 5.91 Å². The minimum absolute atomic E-state index is 0.215. The third-order valence-corrected chi connectivity index (χ3v) is 3.77. The second kappa shape index (κ2) is 5.00. The molecule has 1 aliphatic heterocycles. The summed E-state index contributed by atoms with van der Waals surface area (Å²) in [5, 5.41) is 1.19. The van der Waals surface area contributed by atoms with Crippen LogP contribution in [-0.4, -0.2) is 12.5 Å². The summed E-state index contributed by atoms with van der Waals surface area (Å²) in [7, 11) is 0. The Morgan fingerprint density at radius 1 is 1.16 bits per heavy atom. The number of amides is 1. The van der Waals surface area contributed by atoms with Crippen molar-refractivity contribution in [3.63, 3.8) is 0 Å². The van der Waals surface area contributed by atoms with Crippen LogP contribution in [0.5, 0.6) is 0 Å². The SMILES string of the molecule is CCCCCN1C(=O)C[n+]2c1ccc1ccccc12. The van der Waals surface area contributed by atoms with Crippen LogP contribution >= 0.6 is 0 Å². The third-order valence-electron chi connectivity index (χ3n) is 3.77. The number of nitrogens with zero attached hydrogens (tertiary/aromatic N) is 2. The molecule has 0 atom stereocenters.